The second-order valence-corrected chi connectivity index (χ2v) is 6.85. The van der Waals surface area contributed by atoms with E-state index in [0.29, 0.717) is 22.3 Å². The Hall–Kier alpha value is -3.30. The molecule has 29 heavy (non-hydrogen) atoms. The largest absolute Gasteiger partial charge is 0.408 e. The Morgan fingerprint density at radius 3 is 2.52 bits per heavy atom. The zero-order valence-corrected chi connectivity index (χ0v) is 15.4. The normalized spacial score (nSPS) is 15.4. The summed E-state index contributed by atoms with van der Waals surface area (Å²) in [6.07, 6.45) is -0.820. The maximum absolute atomic E-state index is 12.5. The molecule has 0 saturated carbocycles. The average Bonchev–Trinajstić information content (AvgIpc) is 3.37. The molecule has 3 aromatic rings. The van der Waals surface area contributed by atoms with Crippen molar-refractivity contribution < 1.29 is 18.0 Å². The van der Waals surface area contributed by atoms with Crippen LogP contribution in [0.4, 0.5) is 19.1 Å². The molecule has 1 aromatic carbocycles. The van der Waals surface area contributed by atoms with E-state index in [-0.39, 0.29) is 17.3 Å². The van der Waals surface area contributed by atoms with E-state index in [1.165, 1.54) is 0 Å². The van der Waals surface area contributed by atoms with Gasteiger partial charge in [0.05, 0.1) is 11.1 Å². The van der Waals surface area contributed by atoms with Gasteiger partial charge in [0, 0.05) is 24.8 Å². The van der Waals surface area contributed by atoms with Gasteiger partial charge in [-0.3, -0.25) is 14.4 Å². The van der Waals surface area contributed by atoms with Gasteiger partial charge in [-0.2, -0.15) is 18.2 Å². The lowest BCUT2D eigenvalue weighted by atomic mass is 10.2. The van der Waals surface area contributed by atoms with Crippen molar-refractivity contribution in [2.24, 2.45) is 4.99 Å². The summed E-state index contributed by atoms with van der Waals surface area (Å²) in [6, 6.07) is 8.47. The third-order valence-corrected chi connectivity index (χ3v) is 4.81. The van der Waals surface area contributed by atoms with Crippen LogP contribution in [0, 0.1) is 0 Å². The molecule has 1 amide bonds. The third-order valence-electron chi connectivity index (χ3n) is 4.81. The number of likely N-dealkylation sites (tertiary alicyclic amines) is 1. The first-order chi connectivity index (χ1) is 13.8. The standard InChI is InChI=1S/C19H19F3N6O/c20-19(21,22)11-25-15-14-7-8-24-16(14)28(18(23)26-15)13-5-3-12(4-6-13)17(29)27-9-1-2-10-27/h3-8,24H,1-2,9-11H2,(H2,23,25,26). The molecule has 0 unspecified atom stereocenters. The zero-order chi connectivity index (χ0) is 20.6. The van der Waals surface area contributed by atoms with Gasteiger partial charge in [0.1, 0.15) is 12.2 Å². The fraction of sp³-hybridized carbons (Fsp3) is 0.316. The van der Waals surface area contributed by atoms with Gasteiger partial charge in [0.2, 0.25) is 5.95 Å². The molecule has 0 aliphatic carbocycles. The van der Waals surface area contributed by atoms with E-state index in [0.717, 1.165) is 25.9 Å². The fourth-order valence-electron chi connectivity index (χ4n) is 3.46. The van der Waals surface area contributed by atoms with Crippen molar-refractivity contribution >= 4 is 22.9 Å². The van der Waals surface area contributed by atoms with E-state index in [9.17, 15) is 18.0 Å². The molecule has 4 rings (SSSR count). The minimum absolute atomic E-state index is 0.0144. The first-order valence-corrected chi connectivity index (χ1v) is 9.16. The summed E-state index contributed by atoms with van der Waals surface area (Å²) in [5, 5.41) is 0.417. The number of aromatic nitrogens is 3. The van der Waals surface area contributed by atoms with E-state index >= 15 is 0 Å². The highest BCUT2D eigenvalue weighted by molar-refractivity contribution is 5.94. The number of halogens is 3. The van der Waals surface area contributed by atoms with Crippen molar-refractivity contribution in [3.63, 3.8) is 0 Å². The van der Waals surface area contributed by atoms with E-state index < -0.39 is 12.7 Å². The molecule has 1 aliphatic heterocycles. The van der Waals surface area contributed by atoms with Crippen molar-refractivity contribution in [3.8, 4) is 5.69 Å². The van der Waals surface area contributed by atoms with Crippen molar-refractivity contribution in [3.05, 3.63) is 47.6 Å². The summed E-state index contributed by atoms with van der Waals surface area (Å²) in [4.78, 5) is 24.9. The molecule has 0 spiro atoms. The number of rotatable bonds is 3. The van der Waals surface area contributed by atoms with Gasteiger partial charge in [-0.05, 0) is 43.2 Å². The van der Waals surface area contributed by atoms with Crippen LogP contribution >= 0.6 is 0 Å². The summed E-state index contributed by atoms with van der Waals surface area (Å²) >= 11 is 0. The Morgan fingerprint density at radius 2 is 1.86 bits per heavy atom. The SMILES string of the molecule is Nc1nc(=NCC(F)(F)F)c2cc[nH]c2n1-c1ccc(C(=O)N2CCCC2)cc1. The van der Waals surface area contributed by atoms with E-state index in [2.05, 4.69) is 15.0 Å². The quantitative estimate of drug-likeness (QED) is 0.703. The van der Waals surface area contributed by atoms with Crippen LogP contribution in [0.3, 0.4) is 0 Å². The van der Waals surface area contributed by atoms with Gasteiger partial charge in [0.15, 0.2) is 5.49 Å². The van der Waals surface area contributed by atoms with E-state index in [1.54, 1.807) is 41.1 Å². The summed E-state index contributed by atoms with van der Waals surface area (Å²) in [6.45, 7) is 0.188. The predicted octanol–water partition coefficient (Wildman–Crippen LogP) is 2.63. The minimum atomic E-state index is -4.43. The van der Waals surface area contributed by atoms with Crippen molar-refractivity contribution in [1.82, 2.24) is 19.4 Å². The number of aromatic amines is 1. The number of H-pyrrole nitrogens is 1. The Bertz CT molecular complexity index is 1110. The maximum atomic E-state index is 12.5. The number of fused-ring (bicyclic) bond motifs is 1. The Kier molecular flexibility index (Phi) is 4.77. The van der Waals surface area contributed by atoms with Crippen LogP contribution in [0.5, 0.6) is 0 Å². The number of benzene rings is 1. The molecule has 0 atom stereocenters. The van der Waals surface area contributed by atoms with Gasteiger partial charge in [-0.25, -0.2) is 0 Å². The molecule has 0 radical (unpaired) electrons. The number of carbonyl (C=O) groups excluding carboxylic acids is 1. The van der Waals surface area contributed by atoms with Gasteiger partial charge < -0.3 is 15.6 Å². The second kappa shape index (κ2) is 7.26. The third kappa shape index (κ3) is 3.82. The van der Waals surface area contributed by atoms with Crippen molar-refractivity contribution in [2.75, 3.05) is 25.4 Å². The second-order valence-electron chi connectivity index (χ2n) is 6.85. The minimum Gasteiger partial charge on any atom is -0.369 e. The lowest BCUT2D eigenvalue weighted by Crippen LogP contribution is -2.27. The molecular formula is C19H19F3N6O. The van der Waals surface area contributed by atoms with Gasteiger partial charge in [0.25, 0.3) is 5.91 Å². The number of alkyl halides is 3. The number of anilines is 1. The van der Waals surface area contributed by atoms with Gasteiger partial charge in [-0.1, -0.05) is 0 Å². The molecule has 1 saturated heterocycles. The lowest BCUT2D eigenvalue weighted by Gasteiger charge is -2.16. The topological polar surface area (TPSA) is 92.3 Å². The highest BCUT2D eigenvalue weighted by atomic mass is 19.4. The van der Waals surface area contributed by atoms with Crippen molar-refractivity contribution in [1.29, 1.82) is 0 Å². The molecule has 152 valence electrons. The molecule has 7 nitrogen and oxygen atoms in total. The highest BCUT2D eigenvalue weighted by Gasteiger charge is 2.26. The van der Waals surface area contributed by atoms with Crippen LogP contribution < -0.4 is 11.2 Å². The zero-order valence-electron chi connectivity index (χ0n) is 15.4. The maximum Gasteiger partial charge on any atom is 0.408 e. The fourth-order valence-corrected chi connectivity index (χ4v) is 3.46. The number of carbonyl (C=O) groups is 1. The Balaban J connectivity index is 1.72. The summed E-state index contributed by atoms with van der Waals surface area (Å²) in [7, 11) is 0. The van der Waals surface area contributed by atoms with Crippen LogP contribution in [0.25, 0.3) is 16.7 Å². The summed E-state index contributed by atoms with van der Waals surface area (Å²) in [5.74, 6) is -0.0315. The smallest absolute Gasteiger partial charge is 0.369 e. The molecule has 1 aliphatic rings. The number of amides is 1. The van der Waals surface area contributed by atoms with Crippen LogP contribution in [0.1, 0.15) is 23.2 Å². The Morgan fingerprint density at radius 1 is 1.17 bits per heavy atom. The molecular weight excluding hydrogens is 385 g/mol. The number of nitrogens with two attached hydrogens (primary N) is 1. The summed E-state index contributed by atoms with van der Waals surface area (Å²) in [5.41, 5.74) is 7.62. The van der Waals surface area contributed by atoms with E-state index in [1.807, 2.05) is 4.90 Å². The average molecular weight is 404 g/mol. The molecule has 3 N–H and O–H groups in total. The highest BCUT2D eigenvalue weighted by Crippen LogP contribution is 2.20. The number of nitrogens with zero attached hydrogens (tertiary/aromatic N) is 4. The molecule has 0 bridgehead atoms. The first kappa shape index (κ1) is 19.0. The first-order valence-electron chi connectivity index (χ1n) is 9.16. The van der Waals surface area contributed by atoms with Crippen LogP contribution in [-0.4, -0.2) is 51.2 Å². The van der Waals surface area contributed by atoms with Crippen LogP contribution in [0.15, 0.2) is 41.5 Å². The number of hydrogen-bond donors (Lipinski definition) is 2. The van der Waals surface area contributed by atoms with Crippen LogP contribution in [0.2, 0.25) is 0 Å². The summed E-state index contributed by atoms with van der Waals surface area (Å²) < 4.78 is 39.2. The monoisotopic (exact) mass is 404 g/mol. The molecule has 2 aromatic heterocycles. The number of nitrogen functional groups attached to an aromatic ring is 1. The van der Waals surface area contributed by atoms with E-state index in [4.69, 9.17) is 5.73 Å². The van der Waals surface area contributed by atoms with Crippen molar-refractivity contribution in [2.45, 2.75) is 19.0 Å². The van der Waals surface area contributed by atoms with Gasteiger partial charge in [-0.15, -0.1) is 0 Å². The molecule has 1 fully saturated rings. The predicted molar refractivity (Wildman–Crippen MR) is 101 cm³/mol. The Labute approximate surface area is 163 Å². The van der Waals surface area contributed by atoms with Crippen LogP contribution in [-0.2, 0) is 0 Å². The molecule has 10 heteroatoms. The number of nitrogens with one attached hydrogen (secondary N) is 1. The van der Waals surface area contributed by atoms with Gasteiger partial charge >= 0.3 is 6.18 Å². The lowest BCUT2D eigenvalue weighted by molar-refractivity contribution is -0.118. The molecule has 3 heterocycles. The number of hydrogen-bond acceptors (Lipinski definition) is 4.